The van der Waals surface area contributed by atoms with Gasteiger partial charge in [-0.25, -0.2) is 0 Å². The Labute approximate surface area is 102 Å². The molecule has 1 aliphatic carbocycles. The van der Waals surface area contributed by atoms with Crippen LogP contribution in [0.2, 0.25) is 0 Å². The van der Waals surface area contributed by atoms with Gasteiger partial charge in [-0.05, 0) is 31.7 Å². The fourth-order valence-electron chi connectivity index (χ4n) is 2.22. The lowest BCUT2D eigenvalue weighted by atomic mass is 9.67. The Morgan fingerprint density at radius 3 is 2.88 bits per heavy atom. The van der Waals surface area contributed by atoms with Crippen LogP contribution in [0.5, 0.6) is 0 Å². The van der Waals surface area contributed by atoms with Crippen LogP contribution in [0.25, 0.3) is 0 Å². The van der Waals surface area contributed by atoms with Crippen molar-refractivity contribution in [3.05, 3.63) is 11.7 Å². The van der Waals surface area contributed by atoms with Gasteiger partial charge in [0.2, 0.25) is 5.89 Å². The van der Waals surface area contributed by atoms with Crippen molar-refractivity contribution in [1.29, 1.82) is 0 Å². The fraction of sp³-hybridized carbons (Fsp3) is 0.833. The number of hydrogen-bond donors (Lipinski definition) is 1. The van der Waals surface area contributed by atoms with Crippen LogP contribution in [0.1, 0.15) is 37.9 Å². The standard InChI is InChI=1S/C12H21N3O2/c1-2-16-7-4-10-14-11(17-15-10)8-12(9-13)5-3-6-12/h2-9,13H2,1H3. The molecule has 1 aliphatic rings. The number of rotatable bonds is 7. The van der Waals surface area contributed by atoms with E-state index < -0.39 is 0 Å². The van der Waals surface area contributed by atoms with E-state index in [1.807, 2.05) is 6.92 Å². The van der Waals surface area contributed by atoms with E-state index in [4.69, 9.17) is 15.0 Å². The van der Waals surface area contributed by atoms with Crippen LogP contribution >= 0.6 is 0 Å². The average Bonchev–Trinajstić information content (AvgIpc) is 2.72. The summed E-state index contributed by atoms with van der Waals surface area (Å²) in [6, 6.07) is 0. The molecule has 5 heteroatoms. The van der Waals surface area contributed by atoms with Crippen molar-refractivity contribution >= 4 is 0 Å². The van der Waals surface area contributed by atoms with E-state index in [9.17, 15) is 0 Å². The minimum absolute atomic E-state index is 0.226. The van der Waals surface area contributed by atoms with E-state index in [0.717, 1.165) is 24.7 Å². The van der Waals surface area contributed by atoms with E-state index in [1.165, 1.54) is 19.3 Å². The van der Waals surface area contributed by atoms with Crippen molar-refractivity contribution in [1.82, 2.24) is 10.1 Å². The van der Waals surface area contributed by atoms with Gasteiger partial charge in [0.25, 0.3) is 0 Å². The maximum absolute atomic E-state index is 5.81. The van der Waals surface area contributed by atoms with Gasteiger partial charge >= 0.3 is 0 Å². The molecule has 1 fully saturated rings. The molecule has 0 spiro atoms. The van der Waals surface area contributed by atoms with Gasteiger partial charge in [0.1, 0.15) is 0 Å². The molecule has 2 N–H and O–H groups in total. The van der Waals surface area contributed by atoms with E-state index in [0.29, 0.717) is 19.6 Å². The summed E-state index contributed by atoms with van der Waals surface area (Å²) in [5.74, 6) is 1.46. The smallest absolute Gasteiger partial charge is 0.227 e. The Balaban J connectivity index is 1.85. The van der Waals surface area contributed by atoms with Gasteiger partial charge in [0.15, 0.2) is 5.82 Å². The molecule has 0 aromatic carbocycles. The molecular formula is C12H21N3O2. The summed E-state index contributed by atoms with van der Waals surface area (Å²) in [6.07, 6.45) is 5.17. The van der Waals surface area contributed by atoms with Crippen molar-refractivity contribution in [3.63, 3.8) is 0 Å². The Hall–Kier alpha value is -0.940. The molecule has 0 aliphatic heterocycles. The highest BCUT2D eigenvalue weighted by atomic mass is 16.5. The zero-order chi connectivity index (χ0) is 12.1. The molecule has 2 rings (SSSR count). The minimum Gasteiger partial charge on any atom is -0.381 e. The molecule has 0 unspecified atom stereocenters. The molecule has 0 radical (unpaired) electrons. The van der Waals surface area contributed by atoms with E-state index >= 15 is 0 Å². The predicted octanol–water partition coefficient (Wildman–Crippen LogP) is 1.32. The molecule has 5 nitrogen and oxygen atoms in total. The predicted molar refractivity (Wildman–Crippen MR) is 63.5 cm³/mol. The lowest BCUT2D eigenvalue weighted by molar-refractivity contribution is 0.129. The van der Waals surface area contributed by atoms with Gasteiger partial charge in [-0.3, -0.25) is 0 Å². The summed E-state index contributed by atoms with van der Waals surface area (Å²) >= 11 is 0. The molecular weight excluding hydrogens is 218 g/mol. The molecule has 1 saturated carbocycles. The maximum atomic E-state index is 5.81. The molecule has 0 amide bonds. The molecule has 1 aromatic rings. The van der Waals surface area contributed by atoms with E-state index in [2.05, 4.69) is 10.1 Å². The van der Waals surface area contributed by atoms with Gasteiger partial charge in [0, 0.05) is 19.4 Å². The van der Waals surface area contributed by atoms with Crippen molar-refractivity contribution in [3.8, 4) is 0 Å². The van der Waals surface area contributed by atoms with Gasteiger partial charge < -0.3 is 15.0 Å². The molecule has 0 bridgehead atoms. The summed E-state index contributed by atoms with van der Waals surface area (Å²) in [4.78, 5) is 4.38. The topological polar surface area (TPSA) is 74.2 Å². The highest BCUT2D eigenvalue weighted by molar-refractivity contribution is 4.97. The highest BCUT2D eigenvalue weighted by Crippen LogP contribution is 2.42. The molecule has 1 aromatic heterocycles. The van der Waals surface area contributed by atoms with Crippen molar-refractivity contribution in [2.24, 2.45) is 11.1 Å². The highest BCUT2D eigenvalue weighted by Gasteiger charge is 2.37. The summed E-state index contributed by atoms with van der Waals surface area (Å²) in [5.41, 5.74) is 6.04. The van der Waals surface area contributed by atoms with Crippen molar-refractivity contribution in [2.45, 2.75) is 39.0 Å². The van der Waals surface area contributed by atoms with Crippen LogP contribution in [0, 0.1) is 5.41 Å². The van der Waals surface area contributed by atoms with Crippen LogP contribution in [-0.4, -0.2) is 29.9 Å². The Bertz CT molecular complexity index is 342. The second-order valence-corrected chi connectivity index (χ2v) is 4.79. The zero-order valence-electron chi connectivity index (χ0n) is 10.4. The van der Waals surface area contributed by atoms with E-state index in [1.54, 1.807) is 0 Å². The first kappa shape index (κ1) is 12.5. The lowest BCUT2D eigenvalue weighted by Gasteiger charge is -2.39. The first-order valence-electron chi connectivity index (χ1n) is 6.37. The third kappa shape index (κ3) is 3.04. The number of nitrogens with zero attached hydrogens (tertiary/aromatic N) is 2. The third-order valence-corrected chi connectivity index (χ3v) is 3.56. The van der Waals surface area contributed by atoms with Crippen LogP contribution < -0.4 is 5.73 Å². The second-order valence-electron chi connectivity index (χ2n) is 4.79. The average molecular weight is 239 g/mol. The largest absolute Gasteiger partial charge is 0.381 e. The number of nitrogens with two attached hydrogens (primary N) is 1. The summed E-state index contributed by atoms with van der Waals surface area (Å²) in [7, 11) is 0. The van der Waals surface area contributed by atoms with Crippen LogP contribution in [-0.2, 0) is 17.6 Å². The first-order valence-corrected chi connectivity index (χ1v) is 6.37. The third-order valence-electron chi connectivity index (χ3n) is 3.56. The van der Waals surface area contributed by atoms with Gasteiger partial charge in [-0.2, -0.15) is 4.98 Å². The molecule has 17 heavy (non-hydrogen) atoms. The Kier molecular flexibility index (Phi) is 4.12. The Morgan fingerprint density at radius 1 is 1.47 bits per heavy atom. The minimum atomic E-state index is 0.226. The number of aromatic nitrogens is 2. The monoisotopic (exact) mass is 239 g/mol. The molecule has 96 valence electrons. The second kappa shape index (κ2) is 5.60. The summed E-state index contributed by atoms with van der Waals surface area (Å²) < 4.78 is 10.5. The SMILES string of the molecule is CCOCCc1noc(CC2(CN)CCC2)n1. The van der Waals surface area contributed by atoms with Crippen LogP contribution in [0.3, 0.4) is 0 Å². The number of ether oxygens (including phenoxy) is 1. The molecule has 0 atom stereocenters. The normalized spacial score (nSPS) is 18.0. The zero-order valence-corrected chi connectivity index (χ0v) is 10.4. The van der Waals surface area contributed by atoms with Crippen LogP contribution in [0.15, 0.2) is 4.52 Å². The van der Waals surface area contributed by atoms with Gasteiger partial charge in [-0.1, -0.05) is 11.6 Å². The maximum Gasteiger partial charge on any atom is 0.227 e. The summed E-state index contributed by atoms with van der Waals surface area (Å²) in [5, 5.41) is 3.96. The van der Waals surface area contributed by atoms with Crippen molar-refractivity contribution in [2.75, 3.05) is 19.8 Å². The lowest BCUT2D eigenvalue weighted by Crippen LogP contribution is -2.39. The van der Waals surface area contributed by atoms with Gasteiger partial charge in [-0.15, -0.1) is 0 Å². The van der Waals surface area contributed by atoms with Gasteiger partial charge in [0.05, 0.1) is 6.61 Å². The molecule has 1 heterocycles. The number of hydrogen-bond acceptors (Lipinski definition) is 5. The fourth-order valence-corrected chi connectivity index (χ4v) is 2.22. The summed E-state index contributed by atoms with van der Waals surface area (Å²) in [6.45, 7) is 4.06. The quantitative estimate of drug-likeness (QED) is 0.726. The molecule has 0 saturated heterocycles. The van der Waals surface area contributed by atoms with E-state index in [-0.39, 0.29) is 5.41 Å². The first-order chi connectivity index (χ1) is 8.28. The Morgan fingerprint density at radius 2 is 2.29 bits per heavy atom. The van der Waals surface area contributed by atoms with Crippen molar-refractivity contribution < 1.29 is 9.26 Å². The van der Waals surface area contributed by atoms with Crippen LogP contribution in [0.4, 0.5) is 0 Å².